The highest BCUT2D eigenvalue weighted by Gasteiger charge is 2.30. The van der Waals surface area contributed by atoms with Crippen LogP contribution in [-0.4, -0.2) is 37.0 Å². The number of nitrogens with one attached hydrogen (secondary N) is 1. The number of nitrogens with zero attached hydrogens (tertiary/aromatic N) is 1. The van der Waals surface area contributed by atoms with Crippen LogP contribution in [0.25, 0.3) is 0 Å². The summed E-state index contributed by atoms with van der Waals surface area (Å²) >= 11 is 1.26. The van der Waals surface area contributed by atoms with E-state index in [0.717, 1.165) is 30.5 Å². The smallest absolute Gasteiger partial charge is 0.240 e. The maximum Gasteiger partial charge on any atom is 0.240 e. The van der Waals surface area contributed by atoms with Gasteiger partial charge in [-0.15, -0.1) is 11.8 Å². The molecular formula is C20H22F2N2OS. The summed E-state index contributed by atoms with van der Waals surface area (Å²) in [5.74, 6) is -1.77. The Morgan fingerprint density at radius 3 is 2.42 bits per heavy atom. The van der Waals surface area contributed by atoms with Gasteiger partial charge in [0.1, 0.15) is 5.25 Å². The second kappa shape index (κ2) is 8.64. The Labute approximate surface area is 156 Å². The predicted molar refractivity (Wildman–Crippen MR) is 100 cm³/mol. The Balaban J connectivity index is 1.81. The van der Waals surface area contributed by atoms with Gasteiger partial charge in [0.25, 0.3) is 0 Å². The first-order valence-electron chi connectivity index (χ1n) is 8.71. The van der Waals surface area contributed by atoms with E-state index < -0.39 is 16.9 Å². The lowest BCUT2D eigenvalue weighted by atomic mass is 10.0. The zero-order valence-electron chi connectivity index (χ0n) is 14.6. The van der Waals surface area contributed by atoms with E-state index in [0.29, 0.717) is 24.0 Å². The van der Waals surface area contributed by atoms with Crippen molar-refractivity contribution in [3.63, 3.8) is 0 Å². The largest absolute Gasteiger partial charge is 0.341 e. The molecule has 0 radical (unpaired) electrons. The van der Waals surface area contributed by atoms with Crippen LogP contribution >= 0.6 is 11.8 Å². The van der Waals surface area contributed by atoms with Crippen LogP contribution in [-0.2, 0) is 4.79 Å². The van der Waals surface area contributed by atoms with Crippen molar-refractivity contribution in [3.05, 3.63) is 65.7 Å². The molecule has 3 rings (SSSR count). The topological polar surface area (TPSA) is 32.3 Å². The molecule has 1 amide bonds. The number of piperidine rings is 1. The van der Waals surface area contributed by atoms with Crippen molar-refractivity contribution in [2.24, 2.45) is 0 Å². The number of benzene rings is 2. The Morgan fingerprint density at radius 2 is 1.81 bits per heavy atom. The Morgan fingerprint density at radius 1 is 1.12 bits per heavy atom. The Hall–Kier alpha value is -1.92. The maximum absolute atomic E-state index is 13.6. The van der Waals surface area contributed by atoms with Crippen LogP contribution in [0.5, 0.6) is 0 Å². The molecule has 138 valence electrons. The van der Waals surface area contributed by atoms with E-state index in [-0.39, 0.29) is 5.91 Å². The Bertz CT molecular complexity index is 749. The first kappa shape index (κ1) is 18.9. The Kier molecular flexibility index (Phi) is 6.27. The van der Waals surface area contributed by atoms with Gasteiger partial charge in [-0.25, -0.2) is 8.78 Å². The molecular weight excluding hydrogens is 354 g/mol. The molecule has 1 unspecified atom stereocenters. The number of halogens is 2. The third-order valence-corrected chi connectivity index (χ3v) is 5.92. The molecule has 1 aliphatic rings. The van der Waals surface area contributed by atoms with E-state index >= 15 is 0 Å². The minimum atomic E-state index is -0.899. The van der Waals surface area contributed by atoms with Gasteiger partial charge in [0.15, 0.2) is 11.6 Å². The molecule has 1 aliphatic heterocycles. The van der Waals surface area contributed by atoms with E-state index in [2.05, 4.69) is 5.32 Å². The third-order valence-electron chi connectivity index (χ3n) is 4.69. The van der Waals surface area contributed by atoms with Crippen LogP contribution in [0.2, 0.25) is 0 Å². The van der Waals surface area contributed by atoms with Gasteiger partial charge in [0.05, 0.1) is 0 Å². The van der Waals surface area contributed by atoms with E-state index in [1.54, 1.807) is 0 Å². The van der Waals surface area contributed by atoms with Crippen molar-refractivity contribution in [3.8, 4) is 0 Å². The molecule has 0 spiro atoms. The SMILES string of the molecule is CNC1CCN(C(=O)C(Sc2ccc(F)c(F)c2)c2ccccc2)CC1. The molecule has 0 aliphatic carbocycles. The molecule has 26 heavy (non-hydrogen) atoms. The van der Waals surface area contributed by atoms with Crippen molar-refractivity contribution in [2.45, 2.75) is 29.0 Å². The van der Waals surface area contributed by atoms with Crippen LogP contribution in [0.15, 0.2) is 53.4 Å². The van der Waals surface area contributed by atoms with Gasteiger partial charge in [0, 0.05) is 24.0 Å². The highest BCUT2D eigenvalue weighted by molar-refractivity contribution is 8.00. The number of hydrogen-bond donors (Lipinski definition) is 1. The molecule has 6 heteroatoms. The lowest BCUT2D eigenvalue weighted by molar-refractivity contribution is -0.131. The van der Waals surface area contributed by atoms with Gasteiger partial charge in [-0.2, -0.15) is 0 Å². The summed E-state index contributed by atoms with van der Waals surface area (Å²) in [6.07, 6.45) is 1.83. The first-order valence-corrected chi connectivity index (χ1v) is 9.59. The predicted octanol–water partition coefficient (Wildman–Crippen LogP) is 4.01. The van der Waals surface area contributed by atoms with Crippen molar-refractivity contribution in [2.75, 3.05) is 20.1 Å². The van der Waals surface area contributed by atoms with Crippen molar-refractivity contribution < 1.29 is 13.6 Å². The molecule has 0 saturated carbocycles. The summed E-state index contributed by atoms with van der Waals surface area (Å²) in [6.45, 7) is 1.40. The molecule has 0 bridgehead atoms. The highest BCUT2D eigenvalue weighted by Crippen LogP contribution is 2.37. The molecule has 1 saturated heterocycles. The number of carbonyl (C=O) groups excluding carboxylic acids is 1. The number of amides is 1. The van der Waals surface area contributed by atoms with Crippen LogP contribution in [0.3, 0.4) is 0 Å². The summed E-state index contributed by atoms with van der Waals surface area (Å²) in [6, 6.07) is 13.7. The summed E-state index contributed by atoms with van der Waals surface area (Å²) in [7, 11) is 1.94. The van der Waals surface area contributed by atoms with E-state index in [4.69, 9.17) is 0 Å². The number of carbonyl (C=O) groups is 1. The van der Waals surface area contributed by atoms with Crippen molar-refractivity contribution >= 4 is 17.7 Å². The van der Waals surface area contributed by atoms with Crippen molar-refractivity contribution in [1.29, 1.82) is 0 Å². The molecule has 2 aromatic rings. The monoisotopic (exact) mass is 376 g/mol. The second-order valence-electron chi connectivity index (χ2n) is 6.37. The lowest BCUT2D eigenvalue weighted by Crippen LogP contribution is -2.45. The van der Waals surface area contributed by atoms with E-state index in [9.17, 15) is 13.6 Å². The van der Waals surface area contributed by atoms with Crippen LogP contribution in [0.4, 0.5) is 8.78 Å². The van der Waals surface area contributed by atoms with Crippen LogP contribution < -0.4 is 5.32 Å². The normalized spacial score (nSPS) is 16.5. The summed E-state index contributed by atoms with van der Waals surface area (Å²) < 4.78 is 26.8. The molecule has 2 aromatic carbocycles. The minimum absolute atomic E-state index is 0.0143. The van der Waals surface area contributed by atoms with Crippen LogP contribution in [0, 0.1) is 11.6 Å². The number of hydrogen-bond acceptors (Lipinski definition) is 3. The quantitative estimate of drug-likeness (QED) is 0.801. The fourth-order valence-electron chi connectivity index (χ4n) is 3.13. The average Bonchev–Trinajstić information content (AvgIpc) is 2.69. The van der Waals surface area contributed by atoms with Gasteiger partial charge < -0.3 is 10.2 Å². The zero-order chi connectivity index (χ0) is 18.5. The van der Waals surface area contributed by atoms with Gasteiger partial charge >= 0.3 is 0 Å². The molecule has 3 nitrogen and oxygen atoms in total. The first-order chi connectivity index (χ1) is 12.6. The molecule has 1 heterocycles. The average molecular weight is 376 g/mol. The summed E-state index contributed by atoms with van der Waals surface area (Å²) in [5, 5.41) is 2.78. The van der Waals surface area contributed by atoms with Gasteiger partial charge in [-0.3, -0.25) is 4.79 Å². The lowest BCUT2D eigenvalue weighted by Gasteiger charge is -2.34. The number of rotatable bonds is 5. The summed E-state index contributed by atoms with van der Waals surface area (Å²) in [4.78, 5) is 15.6. The molecule has 1 atom stereocenters. The van der Waals surface area contributed by atoms with Gasteiger partial charge in [-0.05, 0) is 43.7 Å². The molecule has 0 aromatic heterocycles. The van der Waals surface area contributed by atoms with E-state index in [1.807, 2.05) is 42.3 Å². The molecule has 1 fully saturated rings. The highest BCUT2D eigenvalue weighted by atomic mass is 32.2. The van der Waals surface area contributed by atoms with Gasteiger partial charge in [-0.1, -0.05) is 30.3 Å². The summed E-state index contributed by atoms with van der Waals surface area (Å²) in [5.41, 5.74) is 0.864. The van der Waals surface area contributed by atoms with Crippen molar-refractivity contribution in [1.82, 2.24) is 10.2 Å². The van der Waals surface area contributed by atoms with Gasteiger partial charge in [0.2, 0.25) is 5.91 Å². The van der Waals surface area contributed by atoms with Crippen LogP contribution in [0.1, 0.15) is 23.7 Å². The van der Waals surface area contributed by atoms with E-state index in [1.165, 1.54) is 17.8 Å². The molecule has 1 N–H and O–H groups in total. The number of likely N-dealkylation sites (tertiary alicyclic amines) is 1. The maximum atomic E-state index is 13.6. The third kappa shape index (κ3) is 4.43. The standard InChI is InChI=1S/C20H22F2N2OS/c1-23-15-9-11-24(12-10-15)20(25)19(14-5-3-2-4-6-14)26-16-7-8-17(21)18(22)13-16/h2-8,13,15,19,23H,9-12H2,1H3. The fourth-order valence-corrected chi connectivity index (χ4v) is 4.26. The minimum Gasteiger partial charge on any atom is -0.341 e. The fraction of sp³-hybridized carbons (Fsp3) is 0.350. The zero-order valence-corrected chi connectivity index (χ0v) is 15.4. The number of thioether (sulfide) groups is 1. The second-order valence-corrected chi connectivity index (χ2v) is 7.55.